The molecule has 1 aliphatic heterocycles. The maximum absolute atomic E-state index is 12.2. The van der Waals surface area contributed by atoms with Crippen LogP contribution >= 0.6 is 11.8 Å². The summed E-state index contributed by atoms with van der Waals surface area (Å²) in [5.74, 6) is 0.0789. The van der Waals surface area contributed by atoms with Gasteiger partial charge in [-0.3, -0.25) is 4.79 Å². The minimum atomic E-state index is -0.0139. The Balaban J connectivity index is 2.23. The number of hydrogen-bond donors (Lipinski definition) is 1. The van der Waals surface area contributed by atoms with E-state index in [-0.39, 0.29) is 11.5 Å². The largest absolute Gasteiger partial charge is 0.507 e. The molecule has 0 amide bonds. The first-order valence-electron chi connectivity index (χ1n) is 5.78. The van der Waals surface area contributed by atoms with Crippen molar-refractivity contribution in [2.75, 3.05) is 0 Å². The zero-order chi connectivity index (χ0) is 12.7. The van der Waals surface area contributed by atoms with Crippen LogP contribution in [0.2, 0.25) is 0 Å². The molecule has 0 atom stereocenters. The van der Waals surface area contributed by atoms with Gasteiger partial charge in [0.25, 0.3) is 0 Å². The van der Waals surface area contributed by atoms with Gasteiger partial charge in [-0.2, -0.15) is 0 Å². The van der Waals surface area contributed by atoms with Crippen molar-refractivity contribution in [3.05, 3.63) is 53.1 Å². The minimum Gasteiger partial charge on any atom is -0.507 e. The van der Waals surface area contributed by atoms with Gasteiger partial charge in [0.15, 0.2) is 5.78 Å². The van der Waals surface area contributed by atoms with Gasteiger partial charge in [0.05, 0.1) is 5.56 Å². The summed E-state index contributed by atoms with van der Waals surface area (Å²) < 4.78 is 0. The number of hydrogen-bond acceptors (Lipinski definition) is 3. The third-order valence-corrected chi connectivity index (χ3v) is 4.21. The Kier molecular flexibility index (Phi) is 2.63. The SMILES string of the molecule is Cc1cc(O)c2c(c1)Sc1ccccc1CC2=O. The summed E-state index contributed by atoms with van der Waals surface area (Å²) in [4.78, 5) is 14.2. The van der Waals surface area contributed by atoms with E-state index in [1.54, 1.807) is 17.8 Å². The predicted octanol–water partition coefficient (Wildman–Crippen LogP) is 3.59. The monoisotopic (exact) mass is 256 g/mol. The summed E-state index contributed by atoms with van der Waals surface area (Å²) in [6.45, 7) is 1.92. The molecule has 1 heterocycles. The fourth-order valence-corrected chi connectivity index (χ4v) is 3.44. The van der Waals surface area contributed by atoms with Crippen LogP contribution < -0.4 is 0 Å². The zero-order valence-electron chi connectivity index (χ0n) is 9.93. The van der Waals surface area contributed by atoms with Crippen LogP contribution in [0.15, 0.2) is 46.2 Å². The quantitative estimate of drug-likeness (QED) is 0.782. The van der Waals surface area contributed by atoms with Crippen molar-refractivity contribution in [2.24, 2.45) is 0 Å². The van der Waals surface area contributed by atoms with Crippen LogP contribution in [-0.2, 0) is 6.42 Å². The zero-order valence-corrected chi connectivity index (χ0v) is 10.8. The van der Waals surface area contributed by atoms with Gasteiger partial charge in [0.1, 0.15) is 5.75 Å². The van der Waals surface area contributed by atoms with Crippen LogP contribution in [0.3, 0.4) is 0 Å². The van der Waals surface area contributed by atoms with Crippen molar-refractivity contribution >= 4 is 17.5 Å². The Bertz CT molecular complexity index is 647. The van der Waals surface area contributed by atoms with Gasteiger partial charge >= 0.3 is 0 Å². The molecule has 3 heteroatoms. The fourth-order valence-electron chi connectivity index (χ4n) is 2.22. The number of fused-ring (bicyclic) bond motifs is 2. The molecule has 2 aromatic rings. The predicted molar refractivity (Wildman–Crippen MR) is 71.4 cm³/mol. The van der Waals surface area contributed by atoms with E-state index in [0.29, 0.717) is 12.0 Å². The van der Waals surface area contributed by atoms with E-state index in [4.69, 9.17) is 0 Å². The summed E-state index contributed by atoms with van der Waals surface area (Å²) in [7, 11) is 0. The lowest BCUT2D eigenvalue weighted by molar-refractivity contribution is 0.0987. The molecule has 0 saturated carbocycles. The number of rotatable bonds is 0. The van der Waals surface area contributed by atoms with E-state index >= 15 is 0 Å². The molecule has 0 saturated heterocycles. The van der Waals surface area contributed by atoms with Crippen LogP contribution in [0, 0.1) is 6.92 Å². The molecule has 0 aliphatic carbocycles. The highest BCUT2D eigenvalue weighted by atomic mass is 32.2. The van der Waals surface area contributed by atoms with Gasteiger partial charge < -0.3 is 5.11 Å². The molecule has 1 N–H and O–H groups in total. The van der Waals surface area contributed by atoms with E-state index < -0.39 is 0 Å². The van der Waals surface area contributed by atoms with Crippen LogP contribution in [0.25, 0.3) is 0 Å². The normalized spacial score (nSPS) is 13.7. The third kappa shape index (κ3) is 1.81. The fraction of sp³-hybridized carbons (Fsp3) is 0.133. The lowest BCUT2D eigenvalue weighted by Crippen LogP contribution is -2.03. The Hall–Kier alpha value is -1.74. The smallest absolute Gasteiger partial charge is 0.172 e. The van der Waals surface area contributed by atoms with E-state index in [1.165, 1.54) is 0 Å². The third-order valence-electron chi connectivity index (χ3n) is 3.05. The van der Waals surface area contributed by atoms with Crippen molar-refractivity contribution in [3.63, 3.8) is 0 Å². The number of ketones is 1. The number of aromatic hydroxyl groups is 1. The second-order valence-electron chi connectivity index (χ2n) is 4.47. The molecule has 0 aromatic heterocycles. The first-order chi connectivity index (χ1) is 8.65. The standard InChI is InChI=1S/C15H12O2S/c1-9-6-11(16)15-12(17)8-10-4-2-3-5-13(10)18-14(15)7-9/h2-7,16H,8H2,1H3. The topological polar surface area (TPSA) is 37.3 Å². The van der Waals surface area contributed by atoms with E-state index in [9.17, 15) is 9.90 Å². The summed E-state index contributed by atoms with van der Waals surface area (Å²) in [5, 5.41) is 9.98. The number of carbonyl (C=O) groups excluding carboxylic acids is 1. The summed E-state index contributed by atoms with van der Waals surface area (Å²) >= 11 is 1.55. The summed E-state index contributed by atoms with van der Waals surface area (Å²) in [6, 6.07) is 11.5. The minimum absolute atomic E-state index is 0.0139. The average Bonchev–Trinajstić information content (AvgIpc) is 2.43. The van der Waals surface area contributed by atoms with Crippen molar-refractivity contribution in [3.8, 4) is 5.75 Å². The van der Waals surface area contributed by atoms with E-state index in [1.807, 2.05) is 37.3 Å². The van der Waals surface area contributed by atoms with Crippen LogP contribution in [0.1, 0.15) is 21.5 Å². The number of Topliss-reactive ketones (excluding diaryl/α,β-unsaturated/α-hetero) is 1. The number of benzene rings is 2. The number of aryl methyl sites for hydroxylation is 1. The maximum Gasteiger partial charge on any atom is 0.172 e. The van der Waals surface area contributed by atoms with Crippen molar-refractivity contribution in [1.29, 1.82) is 0 Å². The van der Waals surface area contributed by atoms with Gasteiger partial charge in [-0.05, 0) is 36.2 Å². The van der Waals surface area contributed by atoms with Gasteiger partial charge in [-0.1, -0.05) is 30.0 Å². The first kappa shape index (κ1) is 11.4. The van der Waals surface area contributed by atoms with Crippen LogP contribution in [0.4, 0.5) is 0 Å². The highest BCUT2D eigenvalue weighted by Crippen LogP contribution is 2.40. The van der Waals surface area contributed by atoms with Gasteiger partial charge in [-0.15, -0.1) is 0 Å². The molecule has 0 spiro atoms. The lowest BCUT2D eigenvalue weighted by atomic mass is 10.0. The second-order valence-corrected chi connectivity index (χ2v) is 5.55. The van der Waals surface area contributed by atoms with Gasteiger partial charge in [-0.25, -0.2) is 0 Å². The molecule has 1 aliphatic rings. The number of phenolic OH excluding ortho intramolecular Hbond substituents is 1. The van der Waals surface area contributed by atoms with E-state index in [2.05, 4.69) is 0 Å². The van der Waals surface area contributed by atoms with Crippen molar-refractivity contribution < 1.29 is 9.90 Å². The number of phenols is 1. The molecule has 0 radical (unpaired) electrons. The lowest BCUT2D eigenvalue weighted by Gasteiger charge is -2.08. The highest BCUT2D eigenvalue weighted by molar-refractivity contribution is 7.99. The maximum atomic E-state index is 12.2. The van der Waals surface area contributed by atoms with Crippen LogP contribution in [0.5, 0.6) is 5.75 Å². The first-order valence-corrected chi connectivity index (χ1v) is 6.59. The summed E-state index contributed by atoms with van der Waals surface area (Å²) in [6.07, 6.45) is 0.354. The molecule has 3 rings (SSSR count). The molecule has 90 valence electrons. The Morgan fingerprint density at radius 3 is 2.78 bits per heavy atom. The van der Waals surface area contributed by atoms with E-state index in [0.717, 1.165) is 20.9 Å². The van der Waals surface area contributed by atoms with Crippen LogP contribution in [-0.4, -0.2) is 10.9 Å². The van der Waals surface area contributed by atoms with Crippen molar-refractivity contribution in [2.45, 2.75) is 23.1 Å². The molecule has 2 nitrogen and oxygen atoms in total. The highest BCUT2D eigenvalue weighted by Gasteiger charge is 2.23. The molecular formula is C15H12O2S. The molecule has 18 heavy (non-hydrogen) atoms. The Morgan fingerprint density at radius 1 is 1.17 bits per heavy atom. The molecule has 0 fully saturated rings. The number of carbonyl (C=O) groups is 1. The van der Waals surface area contributed by atoms with Gasteiger partial charge in [0.2, 0.25) is 0 Å². The molecule has 0 unspecified atom stereocenters. The van der Waals surface area contributed by atoms with Gasteiger partial charge in [0, 0.05) is 16.2 Å². The molecule has 0 bridgehead atoms. The molecular weight excluding hydrogens is 244 g/mol. The average molecular weight is 256 g/mol. The van der Waals surface area contributed by atoms with Crippen molar-refractivity contribution in [1.82, 2.24) is 0 Å². The Morgan fingerprint density at radius 2 is 1.94 bits per heavy atom. The summed E-state index contributed by atoms with van der Waals surface area (Å²) in [5.41, 5.74) is 2.45. The Labute approximate surface area is 110 Å². The molecule has 2 aromatic carbocycles. The second kappa shape index (κ2) is 4.18.